The maximum absolute atomic E-state index is 14.0. The quantitative estimate of drug-likeness (QED) is 0.799. The van der Waals surface area contributed by atoms with E-state index in [0.717, 1.165) is 33.2 Å². The van der Waals surface area contributed by atoms with Crippen molar-refractivity contribution in [3.05, 3.63) is 59.7 Å². The van der Waals surface area contributed by atoms with Crippen LogP contribution < -0.4 is 10.5 Å². The highest BCUT2D eigenvalue weighted by atomic mass is 19.1. The van der Waals surface area contributed by atoms with Gasteiger partial charge in [-0.3, -0.25) is 4.98 Å². The van der Waals surface area contributed by atoms with Gasteiger partial charge < -0.3 is 10.5 Å². The van der Waals surface area contributed by atoms with E-state index >= 15 is 0 Å². The molecule has 0 radical (unpaired) electrons. The number of hydrogen-bond acceptors (Lipinski definition) is 3. The lowest BCUT2D eigenvalue weighted by molar-refractivity contribution is 0.386. The van der Waals surface area contributed by atoms with E-state index in [0.29, 0.717) is 6.54 Å². The van der Waals surface area contributed by atoms with Crippen molar-refractivity contribution in [2.45, 2.75) is 13.5 Å². The molecule has 0 fully saturated rings. The summed E-state index contributed by atoms with van der Waals surface area (Å²) < 4.78 is 19.0. The zero-order valence-corrected chi connectivity index (χ0v) is 12.6. The van der Waals surface area contributed by atoms with E-state index in [1.54, 1.807) is 12.3 Å². The van der Waals surface area contributed by atoms with Gasteiger partial charge >= 0.3 is 0 Å². The van der Waals surface area contributed by atoms with Gasteiger partial charge in [0.05, 0.1) is 12.8 Å². The standard InChI is InChI=1S/C18H17FN2O/c1-11-4-3-5-13-16(9-20)21-10-14(18(11)13)12-6-7-17(22-2)15(19)8-12/h3-8,10H,9,20H2,1-2H3. The highest BCUT2D eigenvalue weighted by molar-refractivity contribution is 5.99. The lowest BCUT2D eigenvalue weighted by Gasteiger charge is -2.13. The average Bonchev–Trinajstić information content (AvgIpc) is 2.54. The van der Waals surface area contributed by atoms with Gasteiger partial charge in [-0.1, -0.05) is 24.3 Å². The summed E-state index contributed by atoms with van der Waals surface area (Å²) in [7, 11) is 1.45. The lowest BCUT2D eigenvalue weighted by atomic mass is 9.95. The van der Waals surface area contributed by atoms with Crippen molar-refractivity contribution in [1.29, 1.82) is 0 Å². The molecule has 0 aliphatic heterocycles. The van der Waals surface area contributed by atoms with Crippen LogP contribution in [0.15, 0.2) is 42.6 Å². The van der Waals surface area contributed by atoms with Crippen molar-refractivity contribution >= 4 is 10.8 Å². The molecule has 0 spiro atoms. The monoisotopic (exact) mass is 296 g/mol. The molecule has 0 bridgehead atoms. The molecule has 0 atom stereocenters. The number of aromatic nitrogens is 1. The molecule has 2 aromatic carbocycles. The Balaban J connectivity index is 2.30. The Kier molecular flexibility index (Phi) is 3.77. The zero-order valence-electron chi connectivity index (χ0n) is 12.6. The van der Waals surface area contributed by atoms with Gasteiger partial charge in [0, 0.05) is 23.7 Å². The van der Waals surface area contributed by atoms with Crippen LogP contribution in [0.3, 0.4) is 0 Å². The molecule has 22 heavy (non-hydrogen) atoms. The van der Waals surface area contributed by atoms with Crippen molar-refractivity contribution in [2.75, 3.05) is 7.11 Å². The van der Waals surface area contributed by atoms with Gasteiger partial charge in [-0.25, -0.2) is 4.39 Å². The summed E-state index contributed by atoms with van der Waals surface area (Å²) in [6.07, 6.45) is 1.76. The molecule has 0 amide bonds. The van der Waals surface area contributed by atoms with Gasteiger partial charge in [-0.2, -0.15) is 0 Å². The van der Waals surface area contributed by atoms with Gasteiger partial charge in [0.2, 0.25) is 0 Å². The molecule has 0 saturated heterocycles. The fourth-order valence-electron chi connectivity index (χ4n) is 2.76. The van der Waals surface area contributed by atoms with Crippen LogP contribution in [0.1, 0.15) is 11.3 Å². The first kappa shape index (κ1) is 14.5. The smallest absolute Gasteiger partial charge is 0.165 e. The first-order valence-corrected chi connectivity index (χ1v) is 7.07. The Morgan fingerprint density at radius 3 is 2.73 bits per heavy atom. The molecule has 3 nitrogen and oxygen atoms in total. The molecule has 1 aromatic heterocycles. The number of ether oxygens (including phenoxy) is 1. The Hall–Kier alpha value is -2.46. The number of pyridine rings is 1. The molecule has 0 unspecified atom stereocenters. The molecule has 3 aromatic rings. The molecule has 0 aliphatic rings. The van der Waals surface area contributed by atoms with Crippen LogP contribution in [-0.4, -0.2) is 12.1 Å². The number of fused-ring (bicyclic) bond motifs is 1. The van der Waals surface area contributed by atoms with Crippen molar-refractivity contribution in [3.63, 3.8) is 0 Å². The van der Waals surface area contributed by atoms with Crippen LogP contribution in [0, 0.1) is 12.7 Å². The van der Waals surface area contributed by atoms with Crippen molar-refractivity contribution in [1.82, 2.24) is 4.98 Å². The van der Waals surface area contributed by atoms with Crippen LogP contribution in [0.5, 0.6) is 5.75 Å². The Morgan fingerprint density at radius 1 is 1.23 bits per heavy atom. The van der Waals surface area contributed by atoms with E-state index in [1.807, 2.05) is 31.2 Å². The number of halogens is 1. The topological polar surface area (TPSA) is 48.1 Å². The number of aryl methyl sites for hydroxylation is 1. The summed E-state index contributed by atoms with van der Waals surface area (Å²) in [5.41, 5.74) is 9.40. The average molecular weight is 296 g/mol. The minimum absolute atomic E-state index is 0.233. The predicted molar refractivity (Wildman–Crippen MR) is 86.3 cm³/mol. The van der Waals surface area contributed by atoms with Crippen LogP contribution in [0.4, 0.5) is 4.39 Å². The third kappa shape index (κ3) is 2.31. The molecule has 0 aliphatic carbocycles. The van der Waals surface area contributed by atoms with Crippen molar-refractivity contribution in [2.24, 2.45) is 5.73 Å². The van der Waals surface area contributed by atoms with E-state index in [2.05, 4.69) is 4.98 Å². The van der Waals surface area contributed by atoms with Crippen LogP contribution in [-0.2, 0) is 6.54 Å². The summed E-state index contributed by atoms with van der Waals surface area (Å²) in [5.74, 6) is -0.152. The summed E-state index contributed by atoms with van der Waals surface area (Å²) in [6.45, 7) is 2.41. The summed E-state index contributed by atoms with van der Waals surface area (Å²) in [4.78, 5) is 4.44. The van der Waals surface area contributed by atoms with E-state index < -0.39 is 0 Å². The largest absolute Gasteiger partial charge is 0.494 e. The number of nitrogens with two attached hydrogens (primary N) is 1. The number of methoxy groups -OCH3 is 1. The van der Waals surface area contributed by atoms with E-state index in [-0.39, 0.29) is 11.6 Å². The number of hydrogen-bond donors (Lipinski definition) is 1. The Labute approximate surface area is 128 Å². The molecule has 112 valence electrons. The first-order valence-electron chi connectivity index (χ1n) is 7.07. The van der Waals surface area contributed by atoms with Crippen LogP contribution in [0.2, 0.25) is 0 Å². The van der Waals surface area contributed by atoms with Gasteiger partial charge in [-0.05, 0) is 35.6 Å². The predicted octanol–water partition coefficient (Wildman–Crippen LogP) is 3.82. The number of nitrogens with zero attached hydrogens (tertiary/aromatic N) is 1. The molecule has 4 heteroatoms. The summed E-state index contributed by atoms with van der Waals surface area (Å²) >= 11 is 0. The molecular formula is C18H17FN2O. The second-order valence-electron chi connectivity index (χ2n) is 5.17. The molecular weight excluding hydrogens is 279 g/mol. The first-order chi connectivity index (χ1) is 10.7. The highest BCUT2D eigenvalue weighted by Crippen LogP contribution is 2.33. The molecule has 0 saturated carbocycles. The molecule has 3 rings (SSSR count). The van der Waals surface area contributed by atoms with Crippen molar-refractivity contribution < 1.29 is 9.13 Å². The maximum atomic E-state index is 14.0. The van der Waals surface area contributed by atoms with E-state index in [4.69, 9.17) is 10.5 Å². The lowest BCUT2D eigenvalue weighted by Crippen LogP contribution is -2.02. The molecule has 2 N–H and O–H groups in total. The fraction of sp³-hybridized carbons (Fsp3) is 0.167. The minimum Gasteiger partial charge on any atom is -0.494 e. The van der Waals surface area contributed by atoms with Gasteiger partial charge in [-0.15, -0.1) is 0 Å². The third-order valence-corrected chi connectivity index (χ3v) is 3.86. The Bertz CT molecular complexity index is 846. The van der Waals surface area contributed by atoms with Crippen LogP contribution in [0.25, 0.3) is 21.9 Å². The van der Waals surface area contributed by atoms with Crippen molar-refractivity contribution in [3.8, 4) is 16.9 Å². The van der Waals surface area contributed by atoms with Gasteiger partial charge in [0.15, 0.2) is 11.6 Å². The number of benzene rings is 2. The minimum atomic E-state index is -0.385. The zero-order chi connectivity index (χ0) is 15.7. The van der Waals surface area contributed by atoms with Gasteiger partial charge in [0.1, 0.15) is 0 Å². The van der Waals surface area contributed by atoms with E-state index in [1.165, 1.54) is 13.2 Å². The molecule has 1 heterocycles. The second kappa shape index (κ2) is 5.73. The summed E-state index contributed by atoms with van der Waals surface area (Å²) in [5, 5.41) is 2.07. The third-order valence-electron chi connectivity index (χ3n) is 3.86. The Morgan fingerprint density at radius 2 is 2.05 bits per heavy atom. The van der Waals surface area contributed by atoms with Crippen LogP contribution >= 0.6 is 0 Å². The normalized spacial score (nSPS) is 10.9. The highest BCUT2D eigenvalue weighted by Gasteiger charge is 2.12. The van der Waals surface area contributed by atoms with Gasteiger partial charge in [0.25, 0.3) is 0 Å². The fourth-order valence-corrected chi connectivity index (χ4v) is 2.76. The SMILES string of the molecule is COc1ccc(-c2cnc(CN)c3cccc(C)c23)cc1F. The second-order valence-corrected chi connectivity index (χ2v) is 5.17. The van der Waals surface area contributed by atoms with E-state index in [9.17, 15) is 4.39 Å². The summed E-state index contributed by atoms with van der Waals surface area (Å²) in [6, 6.07) is 11.0. The number of rotatable bonds is 3. The maximum Gasteiger partial charge on any atom is 0.165 e.